The number of pyridine rings is 1. The quantitative estimate of drug-likeness (QED) is 0.466. The van der Waals surface area contributed by atoms with Gasteiger partial charge in [0, 0.05) is 48.9 Å². The fourth-order valence-corrected chi connectivity index (χ4v) is 5.20. The van der Waals surface area contributed by atoms with Crippen molar-refractivity contribution in [3.8, 4) is 17.1 Å². The van der Waals surface area contributed by atoms with Crippen molar-refractivity contribution in [1.82, 2.24) is 29.6 Å². The first-order valence-corrected chi connectivity index (χ1v) is 12.5. The monoisotopic (exact) mass is 485 g/mol. The van der Waals surface area contributed by atoms with Crippen LogP contribution in [0, 0.1) is 12.3 Å². The standard InChI is InChI=1S/C27H31N7O2/c1-18-5-4-6-19(13-18)21-7-8-34(31-21)23-14-22(32-9-11-36-12-10-32)24-25(30-23)33(17-28-24)16-20-15-27(2,3)26(35)29-20/h4-8,13-14,17,20H,9-12,15-16H2,1-3H3,(H,29,35)/t20-/m0/s1. The second-order valence-electron chi connectivity index (χ2n) is 10.4. The lowest BCUT2D eigenvalue weighted by Crippen LogP contribution is -2.36. The third kappa shape index (κ3) is 4.13. The number of nitrogens with one attached hydrogen (secondary N) is 1. The number of benzene rings is 1. The maximum atomic E-state index is 12.4. The molecule has 0 unspecified atom stereocenters. The van der Waals surface area contributed by atoms with Crippen molar-refractivity contribution < 1.29 is 9.53 Å². The highest BCUT2D eigenvalue weighted by molar-refractivity contribution is 5.88. The van der Waals surface area contributed by atoms with E-state index in [-0.39, 0.29) is 17.4 Å². The van der Waals surface area contributed by atoms with Crippen LogP contribution in [-0.4, -0.2) is 62.6 Å². The number of imidazole rings is 1. The summed E-state index contributed by atoms with van der Waals surface area (Å²) in [6, 6.07) is 12.5. The Bertz CT molecular complexity index is 1430. The number of fused-ring (bicyclic) bond motifs is 1. The van der Waals surface area contributed by atoms with E-state index >= 15 is 0 Å². The maximum absolute atomic E-state index is 12.4. The number of aryl methyl sites for hydroxylation is 1. The van der Waals surface area contributed by atoms with Crippen LogP contribution in [0.5, 0.6) is 0 Å². The Morgan fingerprint density at radius 3 is 2.75 bits per heavy atom. The summed E-state index contributed by atoms with van der Waals surface area (Å²) < 4.78 is 9.48. The van der Waals surface area contributed by atoms with Gasteiger partial charge in [-0.05, 0) is 25.5 Å². The summed E-state index contributed by atoms with van der Waals surface area (Å²) in [6.45, 7) is 9.65. The van der Waals surface area contributed by atoms with E-state index in [0.717, 1.165) is 53.4 Å². The van der Waals surface area contributed by atoms with Gasteiger partial charge in [0.25, 0.3) is 0 Å². The molecule has 2 aliphatic heterocycles. The van der Waals surface area contributed by atoms with E-state index in [1.54, 1.807) is 0 Å². The average molecular weight is 486 g/mol. The molecular weight excluding hydrogens is 454 g/mol. The predicted octanol–water partition coefficient (Wildman–Crippen LogP) is 3.34. The zero-order chi connectivity index (χ0) is 24.9. The highest BCUT2D eigenvalue weighted by Crippen LogP contribution is 2.32. The summed E-state index contributed by atoms with van der Waals surface area (Å²) in [5, 5.41) is 7.99. The molecule has 0 radical (unpaired) electrons. The molecule has 9 nitrogen and oxygen atoms in total. The fraction of sp³-hybridized carbons (Fsp3) is 0.407. The van der Waals surface area contributed by atoms with Gasteiger partial charge < -0.3 is 19.5 Å². The van der Waals surface area contributed by atoms with Gasteiger partial charge in [0.15, 0.2) is 11.5 Å². The normalized spacial score (nSPS) is 19.7. The van der Waals surface area contributed by atoms with Crippen molar-refractivity contribution in [2.24, 2.45) is 5.41 Å². The van der Waals surface area contributed by atoms with Crippen LogP contribution in [-0.2, 0) is 16.1 Å². The molecule has 0 saturated carbocycles. The Balaban J connectivity index is 1.41. The van der Waals surface area contributed by atoms with E-state index in [2.05, 4.69) is 46.0 Å². The van der Waals surface area contributed by atoms with Gasteiger partial charge in [-0.1, -0.05) is 37.6 Å². The van der Waals surface area contributed by atoms with E-state index in [1.165, 1.54) is 5.56 Å². The molecule has 5 heterocycles. The lowest BCUT2D eigenvalue weighted by atomic mass is 9.90. The van der Waals surface area contributed by atoms with Crippen LogP contribution < -0.4 is 10.2 Å². The first-order valence-electron chi connectivity index (χ1n) is 12.5. The van der Waals surface area contributed by atoms with Gasteiger partial charge in [-0.2, -0.15) is 5.10 Å². The Morgan fingerprint density at radius 1 is 1.17 bits per heavy atom. The lowest BCUT2D eigenvalue weighted by molar-refractivity contribution is -0.126. The molecule has 6 rings (SSSR count). The van der Waals surface area contributed by atoms with Crippen LogP contribution in [0.2, 0.25) is 0 Å². The smallest absolute Gasteiger partial charge is 0.226 e. The Kier molecular flexibility index (Phi) is 5.52. The molecule has 1 N–H and O–H groups in total. The van der Waals surface area contributed by atoms with E-state index < -0.39 is 0 Å². The fourth-order valence-electron chi connectivity index (χ4n) is 5.20. The number of morpholine rings is 1. The number of aromatic nitrogens is 5. The Hall–Kier alpha value is -3.72. The molecule has 0 spiro atoms. The van der Waals surface area contributed by atoms with Crippen molar-refractivity contribution in [3.63, 3.8) is 0 Å². The number of amides is 1. The molecule has 3 aromatic heterocycles. The highest BCUT2D eigenvalue weighted by Gasteiger charge is 2.39. The largest absolute Gasteiger partial charge is 0.378 e. The number of anilines is 1. The lowest BCUT2D eigenvalue weighted by Gasteiger charge is -2.29. The van der Waals surface area contributed by atoms with Crippen LogP contribution in [0.15, 0.2) is 48.9 Å². The molecule has 2 saturated heterocycles. The van der Waals surface area contributed by atoms with Crippen LogP contribution in [0.3, 0.4) is 0 Å². The number of hydrogen-bond acceptors (Lipinski definition) is 6. The summed E-state index contributed by atoms with van der Waals surface area (Å²) >= 11 is 0. The van der Waals surface area contributed by atoms with Gasteiger partial charge in [0.2, 0.25) is 5.91 Å². The number of carbonyl (C=O) groups is 1. The zero-order valence-electron chi connectivity index (χ0n) is 20.9. The summed E-state index contributed by atoms with van der Waals surface area (Å²) in [7, 11) is 0. The first kappa shape index (κ1) is 22.7. The summed E-state index contributed by atoms with van der Waals surface area (Å²) in [5.41, 5.74) is 5.49. The average Bonchev–Trinajstić information content (AvgIpc) is 3.57. The maximum Gasteiger partial charge on any atom is 0.226 e. The molecule has 9 heteroatoms. The molecule has 1 aromatic carbocycles. The van der Waals surface area contributed by atoms with E-state index in [1.807, 2.05) is 43.2 Å². The van der Waals surface area contributed by atoms with Gasteiger partial charge in [-0.3, -0.25) is 4.79 Å². The van der Waals surface area contributed by atoms with Crippen LogP contribution in [0.1, 0.15) is 25.8 Å². The van der Waals surface area contributed by atoms with Gasteiger partial charge in [0.1, 0.15) is 5.52 Å². The van der Waals surface area contributed by atoms with Crippen molar-refractivity contribution in [2.75, 3.05) is 31.2 Å². The predicted molar refractivity (Wildman–Crippen MR) is 138 cm³/mol. The third-order valence-corrected chi connectivity index (χ3v) is 7.15. The van der Waals surface area contributed by atoms with E-state index in [9.17, 15) is 4.79 Å². The van der Waals surface area contributed by atoms with E-state index in [0.29, 0.717) is 19.8 Å². The topological polar surface area (TPSA) is 90.1 Å². The minimum Gasteiger partial charge on any atom is -0.378 e. The second-order valence-corrected chi connectivity index (χ2v) is 10.4. The van der Waals surface area contributed by atoms with Crippen molar-refractivity contribution in [3.05, 3.63) is 54.5 Å². The number of carbonyl (C=O) groups excluding carboxylic acids is 1. The molecule has 186 valence electrons. The zero-order valence-corrected chi connectivity index (χ0v) is 20.9. The van der Waals surface area contributed by atoms with E-state index in [4.69, 9.17) is 19.8 Å². The minimum absolute atomic E-state index is 0.0415. The molecule has 1 atom stereocenters. The molecule has 2 fully saturated rings. The molecule has 2 aliphatic rings. The van der Waals surface area contributed by atoms with Crippen LogP contribution in [0.4, 0.5) is 5.69 Å². The van der Waals surface area contributed by atoms with Crippen molar-refractivity contribution >= 4 is 22.8 Å². The summed E-state index contributed by atoms with van der Waals surface area (Å²) in [5.74, 6) is 0.834. The van der Waals surface area contributed by atoms with Gasteiger partial charge in [-0.25, -0.2) is 14.6 Å². The number of rotatable bonds is 5. The SMILES string of the molecule is Cc1cccc(-c2ccn(-c3cc(N4CCOCC4)c4ncn(C[C@@H]5CC(C)(C)C(=O)N5)c4n3)n2)c1. The molecule has 36 heavy (non-hydrogen) atoms. The molecule has 0 bridgehead atoms. The second kappa shape index (κ2) is 8.74. The van der Waals surface area contributed by atoms with Crippen molar-refractivity contribution in [2.45, 2.75) is 39.8 Å². The Labute approximate surface area is 210 Å². The third-order valence-electron chi connectivity index (χ3n) is 7.15. The highest BCUT2D eigenvalue weighted by atomic mass is 16.5. The van der Waals surface area contributed by atoms with Gasteiger partial charge in [-0.15, -0.1) is 0 Å². The van der Waals surface area contributed by atoms with Gasteiger partial charge >= 0.3 is 0 Å². The number of ether oxygens (including phenoxy) is 1. The Morgan fingerprint density at radius 2 is 2.00 bits per heavy atom. The first-order chi connectivity index (χ1) is 17.4. The summed E-state index contributed by atoms with van der Waals surface area (Å²) in [4.78, 5) is 24.4. The molecule has 0 aliphatic carbocycles. The minimum atomic E-state index is -0.361. The number of nitrogens with zero attached hydrogens (tertiary/aromatic N) is 6. The molecule has 4 aromatic rings. The van der Waals surface area contributed by atoms with Crippen molar-refractivity contribution in [1.29, 1.82) is 0 Å². The molecular formula is C27H31N7O2. The van der Waals surface area contributed by atoms with Crippen LogP contribution in [0.25, 0.3) is 28.2 Å². The molecule has 1 amide bonds. The summed E-state index contributed by atoms with van der Waals surface area (Å²) in [6.07, 6.45) is 4.57. The van der Waals surface area contributed by atoms with Crippen LogP contribution >= 0.6 is 0 Å². The number of hydrogen-bond donors (Lipinski definition) is 1. The van der Waals surface area contributed by atoms with Gasteiger partial charge in [0.05, 0.1) is 30.9 Å².